The first-order valence-corrected chi connectivity index (χ1v) is 7.83. The van der Waals surface area contributed by atoms with Gasteiger partial charge in [0.2, 0.25) is 0 Å². The Bertz CT molecular complexity index is 873. The number of carbonyl (C=O) groups excluding carboxylic acids is 2. The van der Waals surface area contributed by atoms with Crippen LogP contribution >= 0.6 is 0 Å². The Kier molecular flexibility index (Phi) is 6.26. The van der Waals surface area contributed by atoms with Crippen molar-refractivity contribution in [1.29, 1.82) is 5.41 Å². The van der Waals surface area contributed by atoms with Crippen LogP contribution in [0.1, 0.15) is 24.1 Å². The number of amidine groups is 1. The number of ether oxygens (including phenoxy) is 1. The molecule has 6 N–H and O–H groups in total. The molecule has 0 radical (unpaired) electrons. The summed E-state index contributed by atoms with van der Waals surface area (Å²) in [6.07, 6.45) is 0.409. The van der Waals surface area contributed by atoms with Gasteiger partial charge in [-0.2, -0.15) is 0 Å². The fourth-order valence-electron chi connectivity index (χ4n) is 2.22. The smallest absolute Gasteiger partial charge is 0.412 e. The Morgan fingerprint density at radius 3 is 2.67 bits per heavy atom. The first kappa shape index (κ1) is 19.6. The molecule has 142 valence electrons. The van der Waals surface area contributed by atoms with E-state index in [2.05, 4.69) is 25.7 Å². The van der Waals surface area contributed by atoms with Gasteiger partial charge in [-0.25, -0.2) is 19.0 Å². The lowest BCUT2D eigenvalue weighted by Crippen LogP contribution is -2.32. The summed E-state index contributed by atoms with van der Waals surface area (Å²) in [6, 6.07) is 6.28. The number of halogens is 1. The highest BCUT2D eigenvalue weighted by Gasteiger charge is 2.15. The number of nitrogen functional groups attached to an aromatic ring is 1. The van der Waals surface area contributed by atoms with Crippen molar-refractivity contribution in [3.05, 3.63) is 53.5 Å². The maximum atomic E-state index is 13.7. The van der Waals surface area contributed by atoms with Crippen molar-refractivity contribution in [1.82, 2.24) is 15.6 Å². The number of nitrogens with one attached hydrogen (secondary N) is 4. The van der Waals surface area contributed by atoms with Crippen LogP contribution in [0.15, 0.2) is 36.5 Å². The van der Waals surface area contributed by atoms with Crippen LogP contribution in [0.4, 0.5) is 25.5 Å². The maximum Gasteiger partial charge on any atom is 0.412 e. The Balaban J connectivity index is 2.02. The lowest BCUT2D eigenvalue weighted by atomic mass is 10.1. The largest absolute Gasteiger partial charge is 0.453 e. The van der Waals surface area contributed by atoms with Gasteiger partial charge in [0.15, 0.2) is 0 Å². The monoisotopic (exact) mass is 374 g/mol. The van der Waals surface area contributed by atoms with Crippen LogP contribution in [0.2, 0.25) is 0 Å². The van der Waals surface area contributed by atoms with Crippen molar-refractivity contribution in [2.45, 2.75) is 13.0 Å². The van der Waals surface area contributed by atoms with Gasteiger partial charge in [-0.1, -0.05) is 18.2 Å². The minimum absolute atomic E-state index is 0.115. The van der Waals surface area contributed by atoms with Crippen molar-refractivity contribution >= 4 is 29.5 Å². The average Bonchev–Trinajstić information content (AvgIpc) is 2.61. The number of pyridine rings is 1. The normalized spacial score (nSPS) is 11.2. The van der Waals surface area contributed by atoms with Crippen molar-refractivity contribution in [2.75, 3.05) is 18.2 Å². The molecular weight excluding hydrogens is 355 g/mol. The predicted molar refractivity (Wildman–Crippen MR) is 98.0 cm³/mol. The molecule has 10 heteroatoms. The summed E-state index contributed by atoms with van der Waals surface area (Å²) in [6.45, 7) is 1.64. The molecule has 3 amide bonds. The number of aromatic nitrogens is 1. The van der Waals surface area contributed by atoms with Crippen molar-refractivity contribution in [3.8, 4) is 0 Å². The fraction of sp³-hybridized carbons (Fsp3) is 0.176. The number of nitrogens with zero attached hydrogens (tertiary/aromatic N) is 1. The van der Waals surface area contributed by atoms with Crippen molar-refractivity contribution in [3.63, 3.8) is 0 Å². The van der Waals surface area contributed by atoms with Gasteiger partial charge in [0.1, 0.15) is 17.5 Å². The summed E-state index contributed by atoms with van der Waals surface area (Å²) in [7, 11) is 1.16. The second kappa shape index (κ2) is 8.61. The number of carbonyl (C=O) groups is 2. The first-order valence-electron chi connectivity index (χ1n) is 7.83. The summed E-state index contributed by atoms with van der Waals surface area (Å²) in [5.74, 6) is -0.593. The van der Waals surface area contributed by atoms with Gasteiger partial charge in [0.05, 0.1) is 18.7 Å². The molecule has 1 aromatic carbocycles. The number of anilines is 2. The lowest BCUT2D eigenvalue weighted by molar-refractivity contribution is 0.177. The topological polar surface area (TPSA) is 142 Å². The molecule has 0 aliphatic heterocycles. The highest BCUT2D eigenvalue weighted by atomic mass is 19.1. The molecule has 27 heavy (non-hydrogen) atoms. The zero-order valence-electron chi connectivity index (χ0n) is 14.7. The molecule has 0 aliphatic carbocycles. The molecule has 0 spiro atoms. The predicted octanol–water partition coefficient (Wildman–Crippen LogP) is 2.37. The number of urea groups is 1. The van der Waals surface area contributed by atoms with Crippen LogP contribution < -0.4 is 21.7 Å². The van der Waals surface area contributed by atoms with Crippen LogP contribution in [0.3, 0.4) is 0 Å². The van der Waals surface area contributed by atoms with Crippen LogP contribution in [0.5, 0.6) is 0 Å². The van der Waals surface area contributed by atoms with Gasteiger partial charge < -0.3 is 15.8 Å². The van der Waals surface area contributed by atoms with Crippen LogP contribution in [-0.2, 0) is 4.74 Å². The molecule has 2 aromatic rings. The standard InChI is InChI=1S/C17H19FN6O3/c1-9(10-5-3-4-6-12(10)18)22-16(25)23-14-7-13(19)11(8-21-14)15(20)24-17(26)27-2/h3-9H,1-2H3,(H2,20,24,26)(H4,19,21,22,23,25)/t9-/m1/s1. The van der Waals surface area contributed by atoms with Gasteiger partial charge in [-0.3, -0.25) is 16.0 Å². The number of methoxy groups -OCH3 is 1. The molecular formula is C17H19FN6O3. The van der Waals surface area contributed by atoms with E-state index >= 15 is 0 Å². The van der Waals surface area contributed by atoms with E-state index in [4.69, 9.17) is 11.1 Å². The summed E-state index contributed by atoms with van der Waals surface area (Å²) >= 11 is 0. The van der Waals surface area contributed by atoms with Crippen LogP contribution in [-0.4, -0.2) is 30.1 Å². The first-order chi connectivity index (χ1) is 12.8. The molecule has 0 saturated carbocycles. The van der Waals surface area contributed by atoms with E-state index in [1.165, 1.54) is 18.3 Å². The zero-order chi connectivity index (χ0) is 20.0. The quantitative estimate of drug-likeness (QED) is 0.412. The Labute approximate surface area is 154 Å². The Morgan fingerprint density at radius 1 is 1.33 bits per heavy atom. The van der Waals surface area contributed by atoms with E-state index in [1.54, 1.807) is 25.1 Å². The average molecular weight is 374 g/mol. The molecule has 9 nitrogen and oxygen atoms in total. The molecule has 2 rings (SSSR count). The van der Waals surface area contributed by atoms with Gasteiger partial charge in [0, 0.05) is 23.5 Å². The number of benzene rings is 1. The molecule has 0 fully saturated rings. The Morgan fingerprint density at radius 2 is 2.04 bits per heavy atom. The molecule has 1 aromatic heterocycles. The highest BCUT2D eigenvalue weighted by molar-refractivity contribution is 6.07. The number of amides is 3. The van der Waals surface area contributed by atoms with E-state index in [9.17, 15) is 14.0 Å². The van der Waals surface area contributed by atoms with Gasteiger partial charge >= 0.3 is 12.1 Å². The van der Waals surface area contributed by atoms with Crippen LogP contribution in [0.25, 0.3) is 0 Å². The number of rotatable bonds is 4. The van der Waals surface area contributed by atoms with Crippen LogP contribution in [0, 0.1) is 11.2 Å². The molecule has 0 unspecified atom stereocenters. The number of hydrogen-bond donors (Lipinski definition) is 5. The SMILES string of the molecule is COC(=O)NC(=N)c1cnc(NC(=O)N[C@H](C)c2ccccc2F)cc1N. The lowest BCUT2D eigenvalue weighted by Gasteiger charge is -2.16. The zero-order valence-corrected chi connectivity index (χ0v) is 14.7. The van der Waals surface area contributed by atoms with E-state index in [0.29, 0.717) is 5.56 Å². The number of hydrogen-bond acceptors (Lipinski definition) is 6. The molecule has 0 aliphatic rings. The van der Waals surface area contributed by atoms with E-state index < -0.39 is 24.0 Å². The third kappa shape index (κ3) is 5.14. The van der Waals surface area contributed by atoms with E-state index in [0.717, 1.165) is 7.11 Å². The van der Waals surface area contributed by atoms with E-state index in [-0.39, 0.29) is 22.9 Å². The second-order valence-electron chi connectivity index (χ2n) is 5.49. The third-order valence-electron chi connectivity index (χ3n) is 3.58. The summed E-state index contributed by atoms with van der Waals surface area (Å²) < 4.78 is 18.1. The number of alkyl carbamates (subject to hydrolysis) is 1. The fourth-order valence-corrected chi connectivity index (χ4v) is 2.22. The molecule has 1 atom stereocenters. The third-order valence-corrected chi connectivity index (χ3v) is 3.58. The molecule has 0 bridgehead atoms. The molecule has 1 heterocycles. The minimum atomic E-state index is -0.817. The second-order valence-corrected chi connectivity index (χ2v) is 5.49. The summed E-state index contributed by atoms with van der Waals surface area (Å²) in [5.41, 5.74) is 6.45. The summed E-state index contributed by atoms with van der Waals surface area (Å²) in [5, 5.41) is 15.0. The minimum Gasteiger partial charge on any atom is -0.453 e. The van der Waals surface area contributed by atoms with Crippen molar-refractivity contribution in [2.24, 2.45) is 0 Å². The highest BCUT2D eigenvalue weighted by Crippen LogP contribution is 2.17. The van der Waals surface area contributed by atoms with Gasteiger partial charge in [-0.05, 0) is 13.0 Å². The maximum absolute atomic E-state index is 13.7. The van der Waals surface area contributed by atoms with Gasteiger partial charge in [0.25, 0.3) is 0 Å². The summed E-state index contributed by atoms with van der Waals surface area (Å²) in [4.78, 5) is 27.2. The molecule has 0 saturated heterocycles. The van der Waals surface area contributed by atoms with E-state index in [1.807, 2.05) is 0 Å². The number of nitrogens with two attached hydrogens (primary N) is 1. The Hall–Kier alpha value is -3.69. The van der Waals surface area contributed by atoms with Gasteiger partial charge in [-0.15, -0.1) is 0 Å². The van der Waals surface area contributed by atoms with Crippen molar-refractivity contribution < 1.29 is 18.7 Å².